The van der Waals surface area contributed by atoms with E-state index in [0.717, 1.165) is 0 Å². The molecule has 114 valence electrons. The minimum atomic E-state index is -0.365. The van der Waals surface area contributed by atoms with Crippen molar-refractivity contribution >= 4 is 12.1 Å². The molecule has 0 saturated carbocycles. The van der Waals surface area contributed by atoms with Gasteiger partial charge in [-0.1, -0.05) is 0 Å². The molecule has 2 aromatic rings. The van der Waals surface area contributed by atoms with Crippen LogP contribution in [-0.2, 0) is 0 Å². The Labute approximate surface area is 127 Å². The number of hydrogen-bond acceptors (Lipinski definition) is 6. The molecule has 7 nitrogen and oxygen atoms in total. The van der Waals surface area contributed by atoms with Crippen LogP contribution in [0.2, 0.25) is 0 Å². The van der Waals surface area contributed by atoms with Crippen LogP contribution in [-0.4, -0.2) is 36.4 Å². The van der Waals surface area contributed by atoms with E-state index in [4.69, 9.17) is 9.47 Å². The van der Waals surface area contributed by atoms with Crippen molar-refractivity contribution in [2.75, 3.05) is 14.2 Å². The third-order valence-electron chi connectivity index (χ3n) is 2.86. The van der Waals surface area contributed by atoms with Crippen molar-refractivity contribution < 1.29 is 19.4 Å². The number of phenols is 1. The number of nitrogens with zero attached hydrogens (tertiary/aromatic N) is 2. The average molecular weight is 301 g/mol. The van der Waals surface area contributed by atoms with Crippen LogP contribution in [0.3, 0.4) is 0 Å². The van der Waals surface area contributed by atoms with Gasteiger partial charge in [-0.05, 0) is 24.3 Å². The Morgan fingerprint density at radius 1 is 1.23 bits per heavy atom. The first-order valence-corrected chi connectivity index (χ1v) is 6.34. The number of carbonyl (C=O) groups excluding carboxylic acids is 1. The number of carbonyl (C=O) groups is 1. The van der Waals surface area contributed by atoms with Gasteiger partial charge in [-0.3, -0.25) is 9.78 Å². The second-order valence-corrected chi connectivity index (χ2v) is 4.17. The van der Waals surface area contributed by atoms with Gasteiger partial charge in [-0.15, -0.1) is 0 Å². The standard InChI is InChI=1S/C15H15N3O4/c1-21-12-4-3-11(14(22-2)13(12)19)9-17-18-15(20)10-5-7-16-8-6-10/h3-9,19H,1-2H3,(H,18,20)/b17-9+. The number of benzene rings is 1. The summed E-state index contributed by atoms with van der Waals surface area (Å²) in [6, 6.07) is 6.37. The first-order chi connectivity index (χ1) is 10.7. The van der Waals surface area contributed by atoms with Gasteiger partial charge in [-0.2, -0.15) is 5.10 Å². The molecule has 0 saturated heterocycles. The fraction of sp³-hybridized carbons (Fsp3) is 0.133. The number of phenolic OH excluding ortho intramolecular Hbond substituents is 1. The molecule has 1 aromatic heterocycles. The van der Waals surface area contributed by atoms with Crippen LogP contribution in [0.25, 0.3) is 0 Å². The van der Waals surface area contributed by atoms with E-state index in [-0.39, 0.29) is 23.2 Å². The zero-order valence-electron chi connectivity index (χ0n) is 12.1. The highest BCUT2D eigenvalue weighted by Crippen LogP contribution is 2.37. The first-order valence-electron chi connectivity index (χ1n) is 6.34. The number of hydrazone groups is 1. The molecule has 0 aliphatic rings. The van der Waals surface area contributed by atoms with Crippen LogP contribution in [0.15, 0.2) is 41.8 Å². The lowest BCUT2D eigenvalue weighted by atomic mass is 10.2. The Kier molecular flexibility index (Phi) is 4.92. The van der Waals surface area contributed by atoms with Crippen LogP contribution in [0, 0.1) is 0 Å². The molecule has 0 atom stereocenters. The van der Waals surface area contributed by atoms with Gasteiger partial charge in [-0.25, -0.2) is 5.43 Å². The largest absolute Gasteiger partial charge is 0.502 e. The first kappa shape index (κ1) is 15.3. The van der Waals surface area contributed by atoms with Gasteiger partial charge in [0.2, 0.25) is 5.75 Å². The van der Waals surface area contributed by atoms with Gasteiger partial charge in [0.1, 0.15) is 0 Å². The fourth-order valence-electron chi connectivity index (χ4n) is 1.78. The summed E-state index contributed by atoms with van der Waals surface area (Å²) in [6.07, 6.45) is 4.41. The second-order valence-electron chi connectivity index (χ2n) is 4.17. The molecule has 22 heavy (non-hydrogen) atoms. The minimum absolute atomic E-state index is 0.130. The maximum absolute atomic E-state index is 11.8. The maximum atomic E-state index is 11.8. The third kappa shape index (κ3) is 3.32. The summed E-state index contributed by atoms with van der Waals surface area (Å²) < 4.78 is 10.1. The molecular weight excluding hydrogens is 286 g/mol. The smallest absolute Gasteiger partial charge is 0.271 e. The van der Waals surface area contributed by atoms with Gasteiger partial charge in [0, 0.05) is 23.5 Å². The predicted molar refractivity (Wildman–Crippen MR) is 80.5 cm³/mol. The number of amides is 1. The van der Waals surface area contributed by atoms with E-state index in [2.05, 4.69) is 15.5 Å². The summed E-state index contributed by atoms with van der Waals surface area (Å²) in [5, 5.41) is 13.8. The molecule has 7 heteroatoms. The molecule has 0 aliphatic carbocycles. The predicted octanol–water partition coefficient (Wildman–Crippen LogP) is 1.57. The Hall–Kier alpha value is -3.09. The highest BCUT2D eigenvalue weighted by Gasteiger charge is 2.12. The van der Waals surface area contributed by atoms with Crippen molar-refractivity contribution in [2.45, 2.75) is 0 Å². The highest BCUT2D eigenvalue weighted by atomic mass is 16.5. The Bertz CT molecular complexity index is 687. The second kappa shape index (κ2) is 7.07. The van der Waals surface area contributed by atoms with Gasteiger partial charge in [0.25, 0.3) is 5.91 Å². The van der Waals surface area contributed by atoms with Crippen LogP contribution in [0.4, 0.5) is 0 Å². The van der Waals surface area contributed by atoms with E-state index in [1.807, 2.05) is 0 Å². The molecule has 0 radical (unpaired) electrons. The van der Waals surface area contributed by atoms with E-state index < -0.39 is 0 Å². The van der Waals surface area contributed by atoms with Crippen molar-refractivity contribution in [3.05, 3.63) is 47.8 Å². The lowest BCUT2D eigenvalue weighted by molar-refractivity contribution is 0.0955. The van der Waals surface area contributed by atoms with Crippen molar-refractivity contribution in [1.82, 2.24) is 10.4 Å². The molecule has 0 spiro atoms. The molecule has 0 bridgehead atoms. The number of nitrogens with one attached hydrogen (secondary N) is 1. The van der Waals surface area contributed by atoms with Crippen molar-refractivity contribution in [3.8, 4) is 17.2 Å². The van der Waals surface area contributed by atoms with E-state index in [0.29, 0.717) is 11.1 Å². The zero-order valence-corrected chi connectivity index (χ0v) is 12.1. The number of ether oxygens (including phenoxy) is 2. The summed E-state index contributed by atoms with van der Waals surface area (Å²) in [5.41, 5.74) is 3.32. The topological polar surface area (TPSA) is 93.0 Å². The number of aromatic hydroxyl groups is 1. The third-order valence-corrected chi connectivity index (χ3v) is 2.86. The number of pyridine rings is 1. The normalized spacial score (nSPS) is 10.5. The number of rotatable bonds is 5. The van der Waals surface area contributed by atoms with E-state index in [1.165, 1.54) is 32.8 Å². The Morgan fingerprint density at radius 3 is 2.59 bits per heavy atom. The fourth-order valence-corrected chi connectivity index (χ4v) is 1.78. The lowest BCUT2D eigenvalue weighted by Gasteiger charge is -2.10. The molecule has 0 fully saturated rings. The Morgan fingerprint density at radius 2 is 1.95 bits per heavy atom. The van der Waals surface area contributed by atoms with Crippen molar-refractivity contribution in [1.29, 1.82) is 0 Å². The van der Waals surface area contributed by atoms with E-state index in [1.54, 1.807) is 24.3 Å². The number of aromatic nitrogens is 1. The highest BCUT2D eigenvalue weighted by molar-refractivity contribution is 5.95. The Balaban J connectivity index is 2.14. The van der Waals surface area contributed by atoms with E-state index >= 15 is 0 Å². The molecule has 0 unspecified atom stereocenters. The molecule has 1 amide bonds. The maximum Gasteiger partial charge on any atom is 0.271 e. The molecular formula is C15H15N3O4. The van der Waals surface area contributed by atoms with Gasteiger partial charge >= 0.3 is 0 Å². The van der Waals surface area contributed by atoms with Gasteiger partial charge < -0.3 is 14.6 Å². The summed E-state index contributed by atoms with van der Waals surface area (Å²) >= 11 is 0. The van der Waals surface area contributed by atoms with Crippen LogP contribution in [0.1, 0.15) is 15.9 Å². The summed E-state index contributed by atoms with van der Waals surface area (Å²) in [4.78, 5) is 15.6. The lowest BCUT2D eigenvalue weighted by Crippen LogP contribution is -2.17. The molecule has 1 aromatic carbocycles. The molecule has 2 rings (SSSR count). The monoisotopic (exact) mass is 301 g/mol. The zero-order chi connectivity index (χ0) is 15.9. The minimum Gasteiger partial charge on any atom is -0.502 e. The molecule has 1 heterocycles. The van der Waals surface area contributed by atoms with Gasteiger partial charge in [0.05, 0.1) is 20.4 Å². The summed E-state index contributed by atoms with van der Waals surface area (Å²) in [7, 11) is 2.86. The van der Waals surface area contributed by atoms with Crippen LogP contribution >= 0.6 is 0 Å². The van der Waals surface area contributed by atoms with Crippen LogP contribution in [0.5, 0.6) is 17.2 Å². The number of methoxy groups -OCH3 is 2. The summed E-state index contributed by atoms with van der Waals surface area (Å²) in [5.74, 6) is 0.000780. The molecule has 0 aliphatic heterocycles. The quantitative estimate of drug-likeness (QED) is 0.646. The number of hydrogen-bond donors (Lipinski definition) is 2. The van der Waals surface area contributed by atoms with Gasteiger partial charge in [0.15, 0.2) is 11.5 Å². The average Bonchev–Trinajstić information content (AvgIpc) is 2.56. The molecule has 2 N–H and O–H groups in total. The summed E-state index contributed by atoms with van der Waals surface area (Å²) in [6.45, 7) is 0. The van der Waals surface area contributed by atoms with Crippen molar-refractivity contribution in [3.63, 3.8) is 0 Å². The van der Waals surface area contributed by atoms with Crippen LogP contribution < -0.4 is 14.9 Å². The van der Waals surface area contributed by atoms with Crippen molar-refractivity contribution in [2.24, 2.45) is 5.10 Å². The van der Waals surface area contributed by atoms with E-state index in [9.17, 15) is 9.90 Å². The SMILES string of the molecule is COc1ccc(/C=N/NC(=O)c2ccncc2)c(OC)c1O.